The van der Waals surface area contributed by atoms with Crippen LogP contribution in [0.15, 0.2) is 160 Å². The summed E-state index contributed by atoms with van der Waals surface area (Å²) in [5.41, 5.74) is 14.2. The summed E-state index contributed by atoms with van der Waals surface area (Å²) >= 11 is 1.86. The molecule has 4 aromatic heterocycles. The molecule has 0 bridgehead atoms. The van der Waals surface area contributed by atoms with Crippen molar-refractivity contribution in [1.29, 1.82) is 0 Å². The summed E-state index contributed by atoms with van der Waals surface area (Å²) in [5, 5.41) is 9.58. The Kier molecular flexibility index (Phi) is 5.59. The molecule has 12 aromatic rings. The van der Waals surface area contributed by atoms with Crippen LogP contribution in [0, 0.1) is 0 Å². The van der Waals surface area contributed by atoms with Gasteiger partial charge >= 0.3 is 0 Å². The highest BCUT2D eigenvalue weighted by Crippen LogP contribution is 2.58. The minimum absolute atomic E-state index is 0.217. The summed E-state index contributed by atoms with van der Waals surface area (Å²) in [7, 11) is 0. The molecule has 4 heterocycles. The van der Waals surface area contributed by atoms with Gasteiger partial charge in [0, 0.05) is 57.9 Å². The number of rotatable bonds is 2. The van der Waals surface area contributed by atoms with Crippen LogP contribution in [0.5, 0.6) is 0 Å². The van der Waals surface area contributed by atoms with Crippen LogP contribution < -0.4 is 0 Å². The molecule has 0 atom stereocenters. The molecule has 0 unspecified atom stereocenters. The maximum absolute atomic E-state index is 7.04. The van der Waals surface area contributed by atoms with Gasteiger partial charge in [0.05, 0.1) is 16.7 Å². The van der Waals surface area contributed by atoms with Crippen molar-refractivity contribution >= 4 is 97.2 Å². The third-order valence-electron chi connectivity index (χ3n) is 12.4. The van der Waals surface area contributed by atoms with Gasteiger partial charge in [-0.3, -0.25) is 0 Å². The number of para-hydroxylation sites is 3. The lowest BCUT2D eigenvalue weighted by molar-refractivity contribution is 0.658. The molecule has 1 aliphatic rings. The first-order valence-electron chi connectivity index (χ1n) is 18.9. The highest BCUT2D eigenvalue weighted by molar-refractivity contribution is 7.26. The van der Waals surface area contributed by atoms with Crippen LogP contribution in [-0.2, 0) is 5.41 Å². The molecule has 0 N–H and O–H groups in total. The smallest absolute Gasteiger partial charge is 0.160 e. The second-order valence-electron chi connectivity index (χ2n) is 15.5. The lowest BCUT2D eigenvalue weighted by Gasteiger charge is -2.22. The molecule has 0 aliphatic heterocycles. The molecule has 0 fully saturated rings. The van der Waals surface area contributed by atoms with Crippen LogP contribution in [-0.4, -0.2) is 4.57 Å². The second kappa shape index (κ2) is 10.3. The van der Waals surface area contributed by atoms with E-state index in [-0.39, 0.29) is 5.41 Å². The molecule has 1 aliphatic carbocycles. The largest absolute Gasteiger partial charge is 0.454 e. The molecule has 0 saturated carbocycles. The van der Waals surface area contributed by atoms with Gasteiger partial charge in [0.25, 0.3) is 0 Å². The molecule has 0 saturated heterocycles. The number of fused-ring (bicyclic) bond motifs is 18. The van der Waals surface area contributed by atoms with E-state index in [0.29, 0.717) is 0 Å². The van der Waals surface area contributed by atoms with E-state index in [1.165, 1.54) is 64.1 Å². The Bertz CT molecular complexity index is 3640. The molecule has 0 amide bonds. The summed E-state index contributed by atoms with van der Waals surface area (Å²) < 4.78 is 19.1. The van der Waals surface area contributed by atoms with E-state index in [1.807, 2.05) is 11.3 Å². The van der Waals surface area contributed by atoms with Gasteiger partial charge in [-0.15, -0.1) is 11.3 Å². The van der Waals surface area contributed by atoms with Crippen LogP contribution in [0.3, 0.4) is 0 Å². The third kappa shape index (κ3) is 3.70. The molecular weight excluding hydrogens is 691 g/mol. The first-order valence-corrected chi connectivity index (χ1v) is 19.7. The van der Waals surface area contributed by atoms with E-state index in [1.54, 1.807) is 0 Å². The summed E-state index contributed by atoms with van der Waals surface area (Å²) in [6.07, 6.45) is 0. The zero-order chi connectivity index (χ0) is 36.2. The molecule has 8 aromatic carbocycles. The van der Waals surface area contributed by atoms with Crippen LogP contribution in [0.25, 0.3) is 114 Å². The van der Waals surface area contributed by atoms with Crippen molar-refractivity contribution in [2.75, 3.05) is 0 Å². The van der Waals surface area contributed by atoms with Gasteiger partial charge in [-0.1, -0.05) is 129 Å². The lowest BCUT2D eigenvalue weighted by atomic mass is 9.80. The Labute approximate surface area is 319 Å². The van der Waals surface area contributed by atoms with Gasteiger partial charge in [-0.25, -0.2) is 0 Å². The molecular formula is C51H31NO2S. The number of hydrogen-bond acceptors (Lipinski definition) is 3. The minimum atomic E-state index is -0.217. The van der Waals surface area contributed by atoms with Crippen LogP contribution in [0.1, 0.15) is 25.0 Å². The van der Waals surface area contributed by atoms with E-state index in [4.69, 9.17) is 8.83 Å². The second-order valence-corrected chi connectivity index (χ2v) is 16.6. The highest BCUT2D eigenvalue weighted by atomic mass is 32.1. The van der Waals surface area contributed by atoms with E-state index in [9.17, 15) is 0 Å². The van der Waals surface area contributed by atoms with Crippen molar-refractivity contribution in [3.8, 4) is 27.9 Å². The summed E-state index contributed by atoms with van der Waals surface area (Å²) in [5.74, 6) is 0. The van der Waals surface area contributed by atoms with Gasteiger partial charge in [-0.05, 0) is 69.8 Å². The average Bonchev–Trinajstić information content (AvgIpc) is 4.02. The number of aromatic nitrogens is 1. The predicted octanol–water partition coefficient (Wildman–Crippen LogP) is 14.9. The first kappa shape index (κ1) is 29.8. The number of nitrogens with zero attached hydrogens (tertiary/aromatic N) is 1. The third-order valence-corrected chi connectivity index (χ3v) is 13.6. The monoisotopic (exact) mass is 721 g/mol. The van der Waals surface area contributed by atoms with Crippen molar-refractivity contribution in [3.63, 3.8) is 0 Å². The molecule has 258 valence electrons. The van der Waals surface area contributed by atoms with E-state index in [0.717, 1.165) is 60.8 Å². The summed E-state index contributed by atoms with van der Waals surface area (Å²) in [6, 6.07) is 54.9. The normalized spacial score (nSPS) is 13.8. The fourth-order valence-electron chi connectivity index (χ4n) is 10.0. The Morgan fingerprint density at radius 3 is 2.16 bits per heavy atom. The maximum atomic E-state index is 7.04. The van der Waals surface area contributed by atoms with Gasteiger partial charge in [0.15, 0.2) is 11.2 Å². The van der Waals surface area contributed by atoms with Crippen molar-refractivity contribution in [1.82, 2.24) is 4.57 Å². The van der Waals surface area contributed by atoms with Crippen molar-refractivity contribution in [2.45, 2.75) is 19.3 Å². The van der Waals surface area contributed by atoms with Crippen molar-refractivity contribution in [3.05, 3.63) is 163 Å². The maximum Gasteiger partial charge on any atom is 0.160 e. The standard InChI is InChI=1S/C51H31NO2S/c1-51(2)37-20-7-3-14-34(37)43-44-35-15-4-8-21-38(35)52(47(44)49-45(46(43)51)36-16-5-9-23-40(36)53-49)39-22-12-18-32-30-26-25-28(27-41(30)54-48(32)39)29-17-11-19-33-31-13-6-10-24-42(31)55-50(29)33/h3-27H,1-2H3. The fraction of sp³-hybridized carbons (Fsp3) is 0.0588. The van der Waals surface area contributed by atoms with E-state index < -0.39 is 0 Å². The highest BCUT2D eigenvalue weighted by Gasteiger charge is 2.41. The SMILES string of the molecule is CC1(C)c2ccccc2-c2c1c1c3ccccc3oc1c1c2c2ccccc2n1-c1cccc2c1oc1cc(-c3cccc4c3sc3ccccc34)ccc12. The van der Waals surface area contributed by atoms with Gasteiger partial charge in [0.2, 0.25) is 0 Å². The molecule has 3 nitrogen and oxygen atoms in total. The molecule has 13 rings (SSSR count). The topological polar surface area (TPSA) is 31.2 Å². The fourth-order valence-corrected chi connectivity index (χ4v) is 11.3. The van der Waals surface area contributed by atoms with Crippen LogP contribution >= 0.6 is 11.3 Å². The number of benzene rings is 8. The van der Waals surface area contributed by atoms with Crippen LogP contribution in [0.4, 0.5) is 0 Å². The van der Waals surface area contributed by atoms with Crippen molar-refractivity contribution < 1.29 is 8.83 Å². The Hall–Kier alpha value is -6.62. The molecule has 0 radical (unpaired) electrons. The summed E-state index contributed by atoms with van der Waals surface area (Å²) in [4.78, 5) is 0. The lowest BCUT2D eigenvalue weighted by Crippen LogP contribution is -2.15. The average molecular weight is 722 g/mol. The van der Waals surface area contributed by atoms with Crippen molar-refractivity contribution in [2.24, 2.45) is 0 Å². The Morgan fingerprint density at radius 1 is 0.527 bits per heavy atom. The molecule has 0 spiro atoms. The minimum Gasteiger partial charge on any atom is -0.454 e. The first-order chi connectivity index (χ1) is 27.1. The number of thiophene rings is 1. The van der Waals surface area contributed by atoms with Gasteiger partial charge in [-0.2, -0.15) is 0 Å². The van der Waals surface area contributed by atoms with Gasteiger partial charge in [0.1, 0.15) is 11.2 Å². The zero-order valence-corrected chi connectivity index (χ0v) is 30.9. The predicted molar refractivity (Wildman–Crippen MR) is 231 cm³/mol. The Balaban J connectivity index is 1.14. The van der Waals surface area contributed by atoms with E-state index in [2.05, 4.69) is 170 Å². The zero-order valence-electron chi connectivity index (χ0n) is 30.1. The van der Waals surface area contributed by atoms with Crippen LogP contribution in [0.2, 0.25) is 0 Å². The van der Waals surface area contributed by atoms with Gasteiger partial charge < -0.3 is 13.4 Å². The number of hydrogen-bond donors (Lipinski definition) is 0. The Morgan fingerprint density at radius 2 is 1.24 bits per heavy atom. The molecule has 4 heteroatoms. The number of furan rings is 2. The van der Waals surface area contributed by atoms with E-state index >= 15 is 0 Å². The molecule has 55 heavy (non-hydrogen) atoms. The quantitative estimate of drug-likeness (QED) is 0.178. The summed E-state index contributed by atoms with van der Waals surface area (Å²) in [6.45, 7) is 4.74.